The lowest BCUT2D eigenvalue weighted by molar-refractivity contribution is -0.274. The molecule has 158 valence electrons. The molecule has 0 aliphatic heterocycles. The molecule has 0 radical (unpaired) electrons. The average molecular weight is 469 g/mol. The third kappa shape index (κ3) is 5.04. The summed E-state index contributed by atoms with van der Waals surface area (Å²) in [5.41, 5.74) is 3.03. The number of nitrogens with zero attached hydrogens (tertiary/aromatic N) is 1. The number of ketones is 1. The van der Waals surface area contributed by atoms with Crippen LogP contribution in [0.4, 0.5) is 13.2 Å². The Morgan fingerprint density at radius 2 is 1.69 bits per heavy atom. The fourth-order valence-electron chi connectivity index (χ4n) is 3.90. The van der Waals surface area contributed by atoms with Gasteiger partial charge in [0.15, 0.2) is 9.58 Å². The van der Waals surface area contributed by atoms with Crippen molar-refractivity contribution in [2.45, 2.75) is 50.2 Å². The Balaban J connectivity index is 2.14. The summed E-state index contributed by atoms with van der Waals surface area (Å²) < 4.78 is 41.5. The number of ether oxygens (including phenoxy) is 1. The lowest BCUT2D eigenvalue weighted by Gasteiger charge is -2.30. The molecule has 0 N–H and O–H groups in total. The van der Waals surface area contributed by atoms with Crippen LogP contribution in [0.3, 0.4) is 0 Å². The van der Waals surface area contributed by atoms with Crippen molar-refractivity contribution in [2.75, 3.05) is 0 Å². The van der Waals surface area contributed by atoms with Crippen LogP contribution in [0.5, 0.6) is 5.75 Å². The topological polar surface area (TPSA) is 31.2 Å². The first kappa shape index (κ1) is 22.3. The number of carbonyl (C=O) groups is 1. The number of benzene rings is 1. The summed E-state index contributed by atoms with van der Waals surface area (Å²) >= 11 is 18.0. The van der Waals surface area contributed by atoms with Crippen LogP contribution in [0.2, 0.25) is 0 Å². The van der Waals surface area contributed by atoms with Gasteiger partial charge in [0.2, 0.25) is 0 Å². The SMILES string of the molecule is Cc1c(CC(Cl)(Cl)Cl)c2c(n1-c1ccc(OC(F)(F)F)cc1)CC(C)(C)CC2=O. The number of alkyl halides is 6. The van der Waals surface area contributed by atoms with Crippen LogP contribution in [0.15, 0.2) is 24.3 Å². The third-order valence-electron chi connectivity index (χ3n) is 4.90. The van der Waals surface area contributed by atoms with E-state index in [0.29, 0.717) is 29.7 Å². The predicted molar refractivity (Wildman–Crippen MR) is 108 cm³/mol. The van der Waals surface area contributed by atoms with Crippen LogP contribution in [0, 0.1) is 12.3 Å². The Bertz CT molecular complexity index is 942. The summed E-state index contributed by atoms with van der Waals surface area (Å²) in [6.45, 7) is 5.80. The number of hydrogen-bond acceptors (Lipinski definition) is 2. The van der Waals surface area contributed by atoms with Crippen LogP contribution in [-0.2, 0) is 12.8 Å². The summed E-state index contributed by atoms with van der Waals surface area (Å²) in [5.74, 6) is -0.350. The molecule has 1 aliphatic carbocycles. The molecule has 1 aromatic heterocycles. The number of rotatable bonds is 3. The van der Waals surface area contributed by atoms with Gasteiger partial charge in [0, 0.05) is 35.5 Å². The smallest absolute Gasteiger partial charge is 0.406 e. The molecule has 2 aromatic rings. The Labute approximate surface area is 181 Å². The molecule has 1 aliphatic rings. The standard InChI is InChI=1S/C20H19Cl3F3NO2/c1-11-14(8-19(21,22)23)17-15(9-18(2,3)10-16(17)28)27(11)12-4-6-13(7-5-12)29-20(24,25)26/h4-7H,8-10H2,1-3H3. The minimum absolute atomic E-state index is 0.0284. The minimum atomic E-state index is -4.77. The van der Waals surface area contributed by atoms with E-state index in [4.69, 9.17) is 34.8 Å². The highest BCUT2D eigenvalue weighted by atomic mass is 35.6. The van der Waals surface area contributed by atoms with Crippen LogP contribution >= 0.6 is 34.8 Å². The van der Waals surface area contributed by atoms with E-state index in [9.17, 15) is 18.0 Å². The van der Waals surface area contributed by atoms with Crippen molar-refractivity contribution in [1.82, 2.24) is 4.57 Å². The van der Waals surface area contributed by atoms with E-state index < -0.39 is 10.2 Å². The maximum absolute atomic E-state index is 12.9. The van der Waals surface area contributed by atoms with Crippen LogP contribution in [0.25, 0.3) is 5.69 Å². The number of Topliss-reactive ketones (excluding diaryl/α,β-unsaturated/α-hetero) is 1. The first-order chi connectivity index (χ1) is 13.2. The van der Waals surface area contributed by atoms with E-state index in [-0.39, 0.29) is 23.4 Å². The zero-order valence-electron chi connectivity index (χ0n) is 16.0. The molecule has 3 rings (SSSR count). The zero-order valence-corrected chi connectivity index (χ0v) is 18.2. The van der Waals surface area contributed by atoms with E-state index in [2.05, 4.69) is 4.74 Å². The predicted octanol–water partition coefficient (Wildman–Crippen LogP) is 6.75. The van der Waals surface area contributed by atoms with Crippen molar-refractivity contribution >= 4 is 40.6 Å². The Morgan fingerprint density at radius 1 is 1.10 bits per heavy atom. The minimum Gasteiger partial charge on any atom is -0.406 e. The van der Waals surface area contributed by atoms with E-state index in [1.807, 2.05) is 25.3 Å². The zero-order chi connectivity index (χ0) is 21.8. The Kier molecular flexibility index (Phi) is 5.69. The molecule has 9 heteroatoms. The van der Waals surface area contributed by atoms with Gasteiger partial charge in [0.25, 0.3) is 0 Å². The number of aromatic nitrogens is 1. The van der Waals surface area contributed by atoms with Crippen molar-refractivity contribution in [3.8, 4) is 11.4 Å². The summed E-state index contributed by atoms with van der Waals surface area (Å²) in [6.07, 6.45) is -3.73. The van der Waals surface area contributed by atoms with Crippen molar-refractivity contribution in [2.24, 2.45) is 5.41 Å². The largest absolute Gasteiger partial charge is 0.573 e. The van der Waals surface area contributed by atoms with E-state index in [1.54, 1.807) is 0 Å². The molecule has 1 heterocycles. The van der Waals surface area contributed by atoms with Crippen LogP contribution < -0.4 is 4.74 Å². The van der Waals surface area contributed by atoms with E-state index >= 15 is 0 Å². The normalized spacial score (nSPS) is 16.7. The highest BCUT2D eigenvalue weighted by Gasteiger charge is 2.39. The second-order valence-corrected chi connectivity index (χ2v) is 10.5. The van der Waals surface area contributed by atoms with E-state index in [0.717, 1.165) is 11.4 Å². The first-order valence-corrected chi connectivity index (χ1v) is 9.99. The van der Waals surface area contributed by atoms with Gasteiger partial charge in [0.1, 0.15) is 5.75 Å². The quantitative estimate of drug-likeness (QED) is 0.466. The van der Waals surface area contributed by atoms with Crippen molar-refractivity contribution in [3.63, 3.8) is 0 Å². The third-order valence-corrected chi connectivity index (χ3v) is 5.30. The number of fused-ring (bicyclic) bond motifs is 1. The second kappa shape index (κ2) is 7.40. The summed E-state index contributed by atoms with van der Waals surface area (Å²) in [6, 6.07) is 5.50. The molecule has 0 fully saturated rings. The molecule has 0 unspecified atom stereocenters. The molecular weight excluding hydrogens is 450 g/mol. The lowest BCUT2D eigenvalue weighted by Crippen LogP contribution is -2.28. The molecule has 29 heavy (non-hydrogen) atoms. The van der Waals surface area contributed by atoms with Crippen molar-refractivity contribution in [3.05, 3.63) is 46.8 Å². The lowest BCUT2D eigenvalue weighted by atomic mass is 9.75. The molecule has 0 saturated carbocycles. The van der Waals surface area contributed by atoms with Gasteiger partial charge in [-0.25, -0.2) is 0 Å². The summed E-state index contributed by atoms with van der Waals surface area (Å²) in [7, 11) is 0. The number of hydrogen-bond donors (Lipinski definition) is 0. The van der Waals surface area contributed by atoms with Gasteiger partial charge < -0.3 is 9.30 Å². The summed E-state index contributed by atoms with van der Waals surface area (Å²) in [4.78, 5) is 12.9. The van der Waals surface area contributed by atoms with E-state index in [1.165, 1.54) is 24.3 Å². The maximum Gasteiger partial charge on any atom is 0.573 e. The van der Waals surface area contributed by atoms with Gasteiger partial charge in [-0.2, -0.15) is 0 Å². The van der Waals surface area contributed by atoms with Crippen LogP contribution in [0.1, 0.15) is 47.6 Å². The fraction of sp³-hybridized carbons (Fsp3) is 0.450. The molecule has 0 spiro atoms. The second-order valence-electron chi connectivity index (χ2n) is 8.00. The van der Waals surface area contributed by atoms with Gasteiger partial charge in [0.05, 0.1) is 0 Å². The van der Waals surface area contributed by atoms with Gasteiger partial charge in [-0.05, 0) is 48.6 Å². The van der Waals surface area contributed by atoms with Crippen molar-refractivity contribution in [1.29, 1.82) is 0 Å². The number of carbonyl (C=O) groups excluding carboxylic acids is 1. The summed E-state index contributed by atoms with van der Waals surface area (Å²) in [5, 5.41) is 0. The maximum atomic E-state index is 12.9. The molecule has 3 nitrogen and oxygen atoms in total. The van der Waals surface area contributed by atoms with Gasteiger partial charge >= 0.3 is 6.36 Å². The molecule has 0 atom stereocenters. The molecule has 1 aromatic carbocycles. The van der Waals surface area contributed by atoms with Gasteiger partial charge in [-0.1, -0.05) is 48.7 Å². The fourth-order valence-corrected chi connectivity index (χ4v) is 4.30. The number of halogens is 6. The van der Waals surface area contributed by atoms with Crippen molar-refractivity contribution < 1.29 is 22.7 Å². The molecule has 0 saturated heterocycles. The highest BCUT2D eigenvalue weighted by molar-refractivity contribution is 6.67. The van der Waals surface area contributed by atoms with Crippen LogP contribution in [-0.4, -0.2) is 20.5 Å². The average Bonchev–Trinajstić information content (AvgIpc) is 2.76. The van der Waals surface area contributed by atoms with Gasteiger partial charge in [-0.15, -0.1) is 13.2 Å². The monoisotopic (exact) mass is 467 g/mol. The molecule has 0 amide bonds. The Morgan fingerprint density at radius 3 is 2.21 bits per heavy atom. The Hall–Kier alpha value is -1.37. The first-order valence-electron chi connectivity index (χ1n) is 8.86. The van der Waals surface area contributed by atoms with Gasteiger partial charge in [-0.3, -0.25) is 4.79 Å². The molecular formula is C20H19Cl3F3NO2. The molecule has 0 bridgehead atoms. The highest BCUT2D eigenvalue weighted by Crippen LogP contribution is 2.43.